The topological polar surface area (TPSA) is 69.6 Å². The molecule has 7 heteroatoms. The normalized spacial score (nSPS) is 12.0. The first-order chi connectivity index (χ1) is 8.49. The van der Waals surface area contributed by atoms with Crippen LogP contribution in [0, 0.1) is 0 Å². The summed E-state index contributed by atoms with van der Waals surface area (Å²) in [5.41, 5.74) is 0.841. The molecule has 0 unspecified atom stereocenters. The molecule has 0 radical (unpaired) electrons. The lowest BCUT2D eigenvalue weighted by Crippen LogP contribution is -2.13. The SMILES string of the molecule is CC(C)(C)c1noc(Cn2cc(CCBr)nn2)n1. The van der Waals surface area contributed by atoms with Gasteiger partial charge in [-0.05, 0) is 0 Å². The van der Waals surface area contributed by atoms with Crippen LogP contribution in [-0.4, -0.2) is 30.5 Å². The van der Waals surface area contributed by atoms with Gasteiger partial charge in [0.05, 0.1) is 5.69 Å². The molecule has 0 fully saturated rings. The van der Waals surface area contributed by atoms with Crippen LogP contribution in [0.15, 0.2) is 10.7 Å². The van der Waals surface area contributed by atoms with Crippen LogP contribution in [0.4, 0.5) is 0 Å². The molecule has 0 aromatic carbocycles. The van der Waals surface area contributed by atoms with Gasteiger partial charge in [0.1, 0.15) is 6.54 Å². The van der Waals surface area contributed by atoms with E-state index >= 15 is 0 Å². The number of hydrogen-bond donors (Lipinski definition) is 0. The standard InChI is InChI=1S/C11H16BrN5O/c1-11(2,3)10-13-9(18-15-10)7-17-6-8(4-5-12)14-16-17/h6H,4-5,7H2,1-3H3. The average molecular weight is 314 g/mol. The molecule has 98 valence electrons. The third-order valence-corrected chi connectivity index (χ3v) is 2.77. The summed E-state index contributed by atoms with van der Waals surface area (Å²) >= 11 is 3.37. The van der Waals surface area contributed by atoms with Gasteiger partial charge in [-0.1, -0.05) is 47.1 Å². The minimum Gasteiger partial charge on any atom is -0.337 e. The number of aryl methyl sites for hydroxylation is 1. The number of aromatic nitrogens is 5. The van der Waals surface area contributed by atoms with Crippen molar-refractivity contribution in [3.63, 3.8) is 0 Å². The number of halogens is 1. The Balaban J connectivity index is 2.06. The van der Waals surface area contributed by atoms with Gasteiger partial charge in [0, 0.05) is 23.4 Å². The summed E-state index contributed by atoms with van der Waals surface area (Å²) in [5.74, 6) is 1.26. The molecule has 0 saturated carbocycles. The molecule has 2 heterocycles. The molecule has 2 aromatic rings. The first kappa shape index (κ1) is 13.2. The molecule has 0 amide bonds. The fraction of sp³-hybridized carbons (Fsp3) is 0.636. The minimum atomic E-state index is -0.106. The summed E-state index contributed by atoms with van der Waals surface area (Å²) in [6, 6.07) is 0. The highest BCUT2D eigenvalue weighted by atomic mass is 79.9. The van der Waals surface area contributed by atoms with Crippen molar-refractivity contribution in [1.82, 2.24) is 25.1 Å². The van der Waals surface area contributed by atoms with E-state index in [1.807, 2.05) is 27.0 Å². The van der Waals surface area contributed by atoms with E-state index in [1.165, 1.54) is 0 Å². The zero-order valence-corrected chi connectivity index (χ0v) is 12.3. The van der Waals surface area contributed by atoms with E-state index in [1.54, 1.807) is 4.68 Å². The number of alkyl halides is 1. The zero-order valence-electron chi connectivity index (χ0n) is 10.7. The van der Waals surface area contributed by atoms with Gasteiger partial charge in [-0.25, -0.2) is 4.68 Å². The van der Waals surface area contributed by atoms with Gasteiger partial charge in [0.25, 0.3) is 0 Å². The Hall–Kier alpha value is -1.24. The van der Waals surface area contributed by atoms with E-state index in [0.29, 0.717) is 18.3 Å². The summed E-state index contributed by atoms with van der Waals surface area (Å²) in [6.45, 7) is 6.60. The maximum absolute atomic E-state index is 5.21. The molecule has 2 aromatic heterocycles. The highest BCUT2D eigenvalue weighted by Crippen LogP contribution is 2.18. The van der Waals surface area contributed by atoms with E-state index in [2.05, 4.69) is 36.4 Å². The predicted octanol–water partition coefficient (Wildman–Crippen LogP) is 1.94. The summed E-state index contributed by atoms with van der Waals surface area (Å²) < 4.78 is 6.91. The minimum absolute atomic E-state index is 0.106. The van der Waals surface area contributed by atoms with Crippen molar-refractivity contribution >= 4 is 15.9 Å². The van der Waals surface area contributed by atoms with Crippen molar-refractivity contribution in [2.75, 3.05) is 5.33 Å². The maximum Gasteiger partial charge on any atom is 0.248 e. The second-order valence-electron chi connectivity index (χ2n) is 5.11. The maximum atomic E-state index is 5.21. The predicted molar refractivity (Wildman–Crippen MR) is 69.6 cm³/mol. The second kappa shape index (κ2) is 5.17. The molecule has 0 N–H and O–H groups in total. The Labute approximate surface area is 114 Å². The quantitative estimate of drug-likeness (QED) is 0.807. The first-order valence-electron chi connectivity index (χ1n) is 5.77. The van der Waals surface area contributed by atoms with Crippen molar-refractivity contribution in [1.29, 1.82) is 0 Å². The summed E-state index contributed by atoms with van der Waals surface area (Å²) in [5, 5.41) is 12.9. The molecule has 0 atom stereocenters. The van der Waals surface area contributed by atoms with Crippen molar-refractivity contribution in [2.45, 2.75) is 39.2 Å². The van der Waals surface area contributed by atoms with Gasteiger partial charge in [0.15, 0.2) is 5.82 Å². The highest BCUT2D eigenvalue weighted by Gasteiger charge is 2.21. The van der Waals surface area contributed by atoms with E-state index in [-0.39, 0.29) is 5.41 Å². The lowest BCUT2D eigenvalue weighted by molar-refractivity contribution is 0.352. The number of rotatable bonds is 4. The second-order valence-corrected chi connectivity index (χ2v) is 5.90. The molecular weight excluding hydrogens is 298 g/mol. The molecule has 6 nitrogen and oxygen atoms in total. The lowest BCUT2D eigenvalue weighted by Gasteiger charge is -2.10. The monoisotopic (exact) mass is 313 g/mol. The van der Waals surface area contributed by atoms with Crippen LogP contribution in [0.1, 0.15) is 38.2 Å². The molecule has 0 aliphatic carbocycles. The number of nitrogens with zero attached hydrogens (tertiary/aromatic N) is 5. The average Bonchev–Trinajstić information content (AvgIpc) is 2.88. The molecule has 2 rings (SSSR count). The molecule has 0 saturated heterocycles. The van der Waals surface area contributed by atoms with Crippen molar-refractivity contribution < 1.29 is 4.52 Å². The number of hydrogen-bond acceptors (Lipinski definition) is 5. The van der Waals surface area contributed by atoms with Crippen LogP contribution in [-0.2, 0) is 18.4 Å². The Morgan fingerprint density at radius 1 is 1.39 bits per heavy atom. The molecule has 18 heavy (non-hydrogen) atoms. The molecule has 0 aliphatic heterocycles. The van der Waals surface area contributed by atoms with E-state index in [9.17, 15) is 0 Å². The third kappa shape index (κ3) is 3.16. The summed E-state index contributed by atoms with van der Waals surface area (Å²) in [7, 11) is 0. The molecule has 0 aliphatic rings. The molecule has 0 bridgehead atoms. The Bertz CT molecular complexity index is 513. The summed E-state index contributed by atoms with van der Waals surface area (Å²) in [4.78, 5) is 4.36. The third-order valence-electron chi connectivity index (χ3n) is 2.37. The smallest absolute Gasteiger partial charge is 0.248 e. The van der Waals surface area contributed by atoms with Gasteiger partial charge in [-0.3, -0.25) is 0 Å². The first-order valence-corrected chi connectivity index (χ1v) is 6.89. The Morgan fingerprint density at radius 3 is 2.78 bits per heavy atom. The van der Waals surface area contributed by atoms with Crippen LogP contribution in [0.25, 0.3) is 0 Å². The van der Waals surface area contributed by atoms with Gasteiger partial charge in [-0.2, -0.15) is 4.98 Å². The van der Waals surface area contributed by atoms with E-state index in [0.717, 1.165) is 17.4 Å². The molecule has 0 spiro atoms. The summed E-state index contributed by atoms with van der Waals surface area (Å²) in [6.07, 6.45) is 2.75. The van der Waals surface area contributed by atoms with Crippen LogP contribution in [0.5, 0.6) is 0 Å². The Morgan fingerprint density at radius 2 is 2.17 bits per heavy atom. The van der Waals surface area contributed by atoms with Crippen molar-refractivity contribution in [3.05, 3.63) is 23.6 Å². The van der Waals surface area contributed by atoms with Gasteiger partial charge in [-0.15, -0.1) is 5.10 Å². The van der Waals surface area contributed by atoms with Crippen LogP contribution >= 0.6 is 15.9 Å². The van der Waals surface area contributed by atoms with Crippen LogP contribution < -0.4 is 0 Å². The molecular formula is C11H16BrN5O. The van der Waals surface area contributed by atoms with Gasteiger partial charge >= 0.3 is 0 Å². The van der Waals surface area contributed by atoms with Crippen LogP contribution in [0.2, 0.25) is 0 Å². The van der Waals surface area contributed by atoms with Gasteiger partial charge < -0.3 is 4.52 Å². The zero-order chi connectivity index (χ0) is 13.2. The van der Waals surface area contributed by atoms with Gasteiger partial charge in [0.2, 0.25) is 5.89 Å². The lowest BCUT2D eigenvalue weighted by atomic mass is 9.96. The fourth-order valence-electron chi connectivity index (χ4n) is 1.39. The largest absolute Gasteiger partial charge is 0.337 e. The van der Waals surface area contributed by atoms with Crippen molar-refractivity contribution in [3.8, 4) is 0 Å². The van der Waals surface area contributed by atoms with Crippen molar-refractivity contribution in [2.24, 2.45) is 0 Å². The Kier molecular flexibility index (Phi) is 3.79. The van der Waals surface area contributed by atoms with Crippen LogP contribution in [0.3, 0.4) is 0 Å². The fourth-order valence-corrected chi connectivity index (χ4v) is 1.80. The van der Waals surface area contributed by atoms with E-state index < -0.39 is 0 Å². The highest BCUT2D eigenvalue weighted by molar-refractivity contribution is 9.09. The van der Waals surface area contributed by atoms with E-state index in [4.69, 9.17) is 4.52 Å².